The first kappa shape index (κ1) is 23.6. The monoisotopic (exact) mass is 460 g/mol. The molecule has 172 valence electrons. The van der Waals surface area contributed by atoms with E-state index >= 15 is 0 Å². The zero-order chi connectivity index (χ0) is 22.4. The number of thiocarbonyl (C=S) groups is 1. The Balaban J connectivity index is 1.56. The van der Waals surface area contributed by atoms with E-state index in [1.54, 1.807) is 6.07 Å². The summed E-state index contributed by atoms with van der Waals surface area (Å²) in [7, 11) is 0. The van der Waals surface area contributed by atoms with Gasteiger partial charge in [0.1, 0.15) is 5.75 Å². The molecule has 0 amide bonds. The standard InChI is InChI=1S/C21H28F4N4OS/c1-2-3-5-15(14-8-9-14)13-27-19-26-10-11-29(19)20(31)28-16-6-4-7-17(12-16)30-21(24,25)18(22)23/h4,6-7,12,14-15,18H,2-3,5,8-11,13H2,1H3,(H,26,27)(H,28,31). The number of nitrogens with one attached hydrogen (secondary N) is 2. The summed E-state index contributed by atoms with van der Waals surface area (Å²) in [6.45, 7) is 4.22. The van der Waals surface area contributed by atoms with Crippen LogP contribution in [0, 0.1) is 11.8 Å². The number of hydrogen-bond donors (Lipinski definition) is 2. The van der Waals surface area contributed by atoms with Crippen molar-refractivity contribution in [2.75, 3.05) is 25.0 Å². The number of ether oxygens (including phenoxy) is 1. The van der Waals surface area contributed by atoms with Crippen molar-refractivity contribution in [3.8, 4) is 5.75 Å². The number of rotatable bonds is 10. The van der Waals surface area contributed by atoms with Gasteiger partial charge in [0.05, 0.1) is 6.54 Å². The minimum absolute atomic E-state index is 0.345. The van der Waals surface area contributed by atoms with Gasteiger partial charge in [-0.1, -0.05) is 25.8 Å². The van der Waals surface area contributed by atoms with E-state index in [4.69, 9.17) is 12.2 Å². The van der Waals surface area contributed by atoms with E-state index in [-0.39, 0.29) is 5.75 Å². The molecule has 1 aliphatic carbocycles. The topological polar surface area (TPSA) is 48.9 Å². The van der Waals surface area contributed by atoms with Gasteiger partial charge < -0.3 is 15.4 Å². The number of nitrogens with zero attached hydrogens (tertiary/aromatic N) is 2. The minimum Gasteiger partial charge on any atom is -0.428 e. The second-order valence-electron chi connectivity index (χ2n) is 7.90. The van der Waals surface area contributed by atoms with Gasteiger partial charge in [-0.15, -0.1) is 0 Å². The first-order valence-corrected chi connectivity index (χ1v) is 11.0. The molecule has 0 radical (unpaired) electrons. The summed E-state index contributed by atoms with van der Waals surface area (Å²) in [6.07, 6.45) is -2.33. The zero-order valence-electron chi connectivity index (χ0n) is 17.4. The molecule has 1 aromatic carbocycles. The molecule has 31 heavy (non-hydrogen) atoms. The summed E-state index contributed by atoms with van der Waals surface area (Å²) >= 11 is 5.47. The molecule has 0 spiro atoms. The minimum atomic E-state index is -4.56. The van der Waals surface area contributed by atoms with Crippen LogP contribution in [0.3, 0.4) is 0 Å². The highest BCUT2D eigenvalue weighted by atomic mass is 32.1. The number of halogens is 4. The van der Waals surface area contributed by atoms with E-state index < -0.39 is 12.5 Å². The van der Waals surface area contributed by atoms with Gasteiger partial charge in [-0.3, -0.25) is 9.89 Å². The highest BCUT2D eigenvalue weighted by molar-refractivity contribution is 7.80. The predicted molar refractivity (Wildman–Crippen MR) is 117 cm³/mol. The Hall–Kier alpha value is -2.10. The highest BCUT2D eigenvalue weighted by Gasteiger charge is 2.44. The van der Waals surface area contributed by atoms with Gasteiger partial charge in [0, 0.05) is 24.8 Å². The van der Waals surface area contributed by atoms with E-state index in [0.29, 0.717) is 35.8 Å². The molecule has 0 bridgehead atoms. The van der Waals surface area contributed by atoms with Crippen LogP contribution in [0.2, 0.25) is 0 Å². The lowest BCUT2D eigenvalue weighted by Crippen LogP contribution is -2.45. The molecule has 1 unspecified atom stereocenters. The Labute approximate surface area is 185 Å². The van der Waals surface area contributed by atoms with E-state index in [1.807, 2.05) is 4.90 Å². The first-order chi connectivity index (χ1) is 14.8. The summed E-state index contributed by atoms with van der Waals surface area (Å²) in [5.41, 5.74) is 0.359. The van der Waals surface area contributed by atoms with Crippen LogP contribution in [-0.4, -0.2) is 48.1 Å². The van der Waals surface area contributed by atoms with Crippen LogP contribution >= 0.6 is 12.2 Å². The van der Waals surface area contributed by atoms with Crippen molar-refractivity contribution < 1.29 is 22.3 Å². The molecular formula is C21H28F4N4OS. The molecule has 1 aromatic rings. The lowest BCUT2D eigenvalue weighted by molar-refractivity contribution is -0.253. The summed E-state index contributed by atoms with van der Waals surface area (Å²) < 4.78 is 55.2. The maximum atomic E-state index is 13.2. The van der Waals surface area contributed by atoms with Crippen LogP contribution in [0.4, 0.5) is 23.2 Å². The Morgan fingerprint density at radius 1 is 1.35 bits per heavy atom. The van der Waals surface area contributed by atoms with E-state index in [9.17, 15) is 17.6 Å². The van der Waals surface area contributed by atoms with Crippen LogP contribution in [-0.2, 0) is 0 Å². The third-order valence-electron chi connectivity index (χ3n) is 5.42. The summed E-state index contributed by atoms with van der Waals surface area (Å²) in [5.74, 6) is 1.72. The smallest absolute Gasteiger partial charge is 0.428 e. The quantitative estimate of drug-likeness (QED) is 0.376. The fourth-order valence-electron chi connectivity index (χ4n) is 3.59. The molecule has 0 saturated heterocycles. The Kier molecular flexibility index (Phi) is 7.96. The molecule has 1 atom stereocenters. The Morgan fingerprint density at radius 3 is 2.81 bits per heavy atom. The number of hydrogen-bond acceptors (Lipinski definition) is 4. The Morgan fingerprint density at radius 2 is 2.13 bits per heavy atom. The van der Waals surface area contributed by atoms with E-state index in [2.05, 4.69) is 27.3 Å². The molecule has 1 heterocycles. The van der Waals surface area contributed by atoms with Crippen molar-refractivity contribution >= 4 is 29.0 Å². The van der Waals surface area contributed by atoms with Gasteiger partial charge in [-0.25, -0.2) is 0 Å². The zero-order valence-corrected chi connectivity index (χ0v) is 18.2. The van der Waals surface area contributed by atoms with Crippen molar-refractivity contribution in [1.29, 1.82) is 0 Å². The van der Waals surface area contributed by atoms with E-state index in [1.165, 1.54) is 50.3 Å². The normalized spacial score (nSPS) is 17.5. The molecule has 1 fully saturated rings. The van der Waals surface area contributed by atoms with Crippen LogP contribution < -0.4 is 15.4 Å². The second-order valence-corrected chi connectivity index (χ2v) is 8.29. The largest absolute Gasteiger partial charge is 0.461 e. The van der Waals surface area contributed by atoms with Crippen molar-refractivity contribution in [3.63, 3.8) is 0 Å². The third kappa shape index (κ3) is 6.69. The highest BCUT2D eigenvalue weighted by Crippen LogP contribution is 2.39. The number of alkyl halides is 4. The molecule has 0 aromatic heterocycles. The first-order valence-electron chi connectivity index (χ1n) is 10.6. The molecule has 1 saturated carbocycles. The molecule has 1 aliphatic heterocycles. The number of guanidine groups is 1. The summed E-state index contributed by atoms with van der Waals surface area (Å²) in [5, 5.41) is 6.72. The third-order valence-corrected chi connectivity index (χ3v) is 5.74. The lowest BCUT2D eigenvalue weighted by Gasteiger charge is -2.25. The summed E-state index contributed by atoms with van der Waals surface area (Å²) in [6, 6.07) is 5.40. The average Bonchev–Trinajstić information content (AvgIpc) is 3.45. The fourth-order valence-corrected chi connectivity index (χ4v) is 3.88. The molecular weight excluding hydrogens is 432 g/mol. The maximum Gasteiger partial charge on any atom is 0.461 e. The van der Waals surface area contributed by atoms with Crippen molar-refractivity contribution in [1.82, 2.24) is 10.2 Å². The van der Waals surface area contributed by atoms with Gasteiger partial charge in [-0.2, -0.15) is 17.6 Å². The van der Waals surface area contributed by atoms with Crippen LogP contribution in [0.1, 0.15) is 39.0 Å². The van der Waals surface area contributed by atoms with Gasteiger partial charge in [-0.05, 0) is 55.4 Å². The summed E-state index contributed by atoms with van der Waals surface area (Å²) in [4.78, 5) is 6.31. The average molecular weight is 461 g/mol. The van der Waals surface area contributed by atoms with Crippen molar-refractivity contribution in [3.05, 3.63) is 24.3 Å². The second kappa shape index (κ2) is 10.5. The predicted octanol–water partition coefficient (Wildman–Crippen LogP) is 5.10. The van der Waals surface area contributed by atoms with Crippen molar-refractivity contribution in [2.45, 2.75) is 51.6 Å². The number of benzene rings is 1. The molecule has 3 rings (SSSR count). The molecule has 2 aliphatic rings. The van der Waals surface area contributed by atoms with Gasteiger partial charge in [0.2, 0.25) is 0 Å². The van der Waals surface area contributed by atoms with Crippen LogP contribution in [0.5, 0.6) is 5.75 Å². The van der Waals surface area contributed by atoms with Gasteiger partial charge >= 0.3 is 12.5 Å². The molecule has 5 nitrogen and oxygen atoms in total. The number of aliphatic imine (C=N–C) groups is 1. The van der Waals surface area contributed by atoms with Crippen LogP contribution in [0.25, 0.3) is 0 Å². The number of unbranched alkanes of at least 4 members (excludes halogenated alkanes) is 1. The van der Waals surface area contributed by atoms with E-state index in [0.717, 1.165) is 12.5 Å². The van der Waals surface area contributed by atoms with Gasteiger partial charge in [0.25, 0.3) is 0 Å². The Bertz CT molecular complexity index is 788. The fraction of sp³-hybridized carbons (Fsp3) is 0.619. The molecule has 2 N–H and O–H groups in total. The van der Waals surface area contributed by atoms with Crippen LogP contribution in [0.15, 0.2) is 29.3 Å². The molecule has 10 heteroatoms. The SMILES string of the molecule is CCCCC(CNC1=NCCN1C(=S)Nc1cccc(OC(F)(F)C(F)F)c1)C1CC1. The lowest BCUT2D eigenvalue weighted by atomic mass is 9.97. The van der Waals surface area contributed by atoms with Gasteiger partial charge in [0.15, 0.2) is 11.1 Å². The maximum absolute atomic E-state index is 13.2. The van der Waals surface area contributed by atoms with Crippen molar-refractivity contribution in [2.24, 2.45) is 16.8 Å². The number of anilines is 1.